The minimum atomic E-state index is 0.102. The van der Waals surface area contributed by atoms with Crippen LogP contribution in [0, 0.1) is 5.92 Å². The number of nitrogens with two attached hydrogens (primary N) is 1. The van der Waals surface area contributed by atoms with Gasteiger partial charge in [0.15, 0.2) is 5.12 Å². The molecule has 18 heavy (non-hydrogen) atoms. The molecule has 1 aliphatic rings. The number of carbonyl (C=O) groups is 2. The lowest BCUT2D eigenvalue weighted by Crippen LogP contribution is -2.24. The Hall–Kier alpha value is -1.49. The normalized spacial score (nSPS) is 19.3. The highest BCUT2D eigenvalue weighted by molar-refractivity contribution is 8.13. The van der Waals surface area contributed by atoms with Crippen molar-refractivity contribution in [1.82, 2.24) is 0 Å². The van der Waals surface area contributed by atoms with Crippen molar-refractivity contribution < 1.29 is 9.59 Å². The molecule has 2 N–H and O–H groups in total. The lowest BCUT2D eigenvalue weighted by Gasteiger charge is -2.17. The highest BCUT2D eigenvalue weighted by Crippen LogP contribution is 2.28. The number of hydrogen-bond donors (Lipinski definition) is 1. The van der Waals surface area contributed by atoms with Crippen molar-refractivity contribution in [3.8, 4) is 0 Å². The Kier molecular flexibility index (Phi) is 3.91. The SMILES string of the molecule is CC(=O)SCC1CC(=O)N(c2cccc(N)c2)C1. The van der Waals surface area contributed by atoms with E-state index >= 15 is 0 Å². The maximum atomic E-state index is 11.9. The molecular weight excluding hydrogens is 248 g/mol. The first-order valence-corrected chi connectivity index (χ1v) is 6.84. The first-order chi connectivity index (χ1) is 8.56. The fourth-order valence-corrected chi connectivity index (χ4v) is 2.76. The number of rotatable bonds is 3. The summed E-state index contributed by atoms with van der Waals surface area (Å²) in [5.41, 5.74) is 7.22. The van der Waals surface area contributed by atoms with E-state index < -0.39 is 0 Å². The minimum absolute atomic E-state index is 0.102. The molecule has 5 heteroatoms. The van der Waals surface area contributed by atoms with Gasteiger partial charge in [0.05, 0.1) is 0 Å². The summed E-state index contributed by atoms with van der Waals surface area (Å²) < 4.78 is 0. The quantitative estimate of drug-likeness (QED) is 0.847. The molecule has 0 aliphatic carbocycles. The zero-order chi connectivity index (χ0) is 13.1. The molecule has 2 rings (SSSR count). The fourth-order valence-electron chi connectivity index (χ4n) is 2.07. The van der Waals surface area contributed by atoms with Crippen molar-refractivity contribution in [1.29, 1.82) is 0 Å². The number of amides is 1. The molecule has 1 unspecified atom stereocenters. The van der Waals surface area contributed by atoms with Crippen molar-refractivity contribution in [3.05, 3.63) is 24.3 Å². The topological polar surface area (TPSA) is 63.4 Å². The van der Waals surface area contributed by atoms with Crippen molar-refractivity contribution in [3.63, 3.8) is 0 Å². The predicted octanol–water partition coefficient (Wildman–Crippen LogP) is 1.90. The summed E-state index contributed by atoms with van der Waals surface area (Å²) in [6, 6.07) is 7.33. The molecule has 1 aliphatic heterocycles. The van der Waals surface area contributed by atoms with Crippen LogP contribution in [-0.4, -0.2) is 23.3 Å². The number of anilines is 2. The third-order valence-corrected chi connectivity index (χ3v) is 3.95. The monoisotopic (exact) mass is 264 g/mol. The average molecular weight is 264 g/mol. The van der Waals surface area contributed by atoms with Gasteiger partial charge in [0.25, 0.3) is 0 Å². The summed E-state index contributed by atoms with van der Waals surface area (Å²) in [6.07, 6.45) is 0.509. The van der Waals surface area contributed by atoms with Crippen LogP contribution >= 0.6 is 11.8 Å². The van der Waals surface area contributed by atoms with Gasteiger partial charge in [-0.1, -0.05) is 17.8 Å². The molecule has 1 saturated heterocycles. The van der Waals surface area contributed by atoms with E-state index in [1.165, 1.54) is 11.8 Å². The first-order valence-electron chi connectivity index (χ1n) is 5.85. The van der Waals surface area contributed by atoms with Gasteiger partial charge >= 0.3 is 0 Å². The number of hydrogen-bond acceptors (Lipinski definition) is 4. The third kappa shape index (κ3) is 3.04. The number of carbonyl (C=O) groups excluding carboxylic acids is 2. The maximum absolute atomic E-state index is 11.9. The van der Waals surface area contributed by atoms with Crippen LogP contribution in [0.5, 0.6) is 0 Å². The molecule has 1 aromatic rings. The lowest BCUT2D eigenvalue weighted by atomic mass is 10.1. The van der Waals surface area contributed by atoms with Crippen molar-refractivity contribution in [2.45, 2.75) is 13.3 Å². The van der Waals surface area contributed by atoms with Gasteiger partial charge in [-0.25, -0.2) is 0 Å². The van der Waals surface area contributed by atoms with E-state index in [9.17, 15) is 9.59 Å². The van der Waals surface area contributed by atoms with Gasteiger partial charge in [-0.15, -0.1) is 0 Å². The van der Waals surface area contributed by atoms with Gasteiger partial charge < -0.3 is 10.6 Å². The largest absolute Gasteiger partial charge is 0.399 e. The van der Waals surface area contributed by atoms with E-state index in [-0.39, 0.29) is 16.9 Å². The first kappa shape index (κ1) is 13.0. The molecule has 1 amide bonds. The molecule has 96 valence electrons. The van der Waals surface area contributed by atoms with E-state index in [0.29, 0.717) is 24.4 Å². The summed E-state index contributed by atoms with van der Waals surface area (Å²) in [7, 11) is 0. The zero-order valence-electron chi connectivity index (χ0n) is 10.3. The molecule has 1 aromatic carbocycles. The molecule has 0 aromatic heterocycles. The van der Waals surface area contributed by atoms with Crippen molar-refractivity contribution >= 4 is 34.2 Å². The summed E-state index contributed by atoms with van der Waals surface area (Å²) >= 11 is 1.29. The second-order valence-corrected chi connectivity index (χ2v) is 5.67. The Balaban J connectivity index is 2.03. The van der Waals surface area contributed by atoms with E-state index in [1.54, 1.807) is 24.0 Å². The Morgan fingerprint density at radius 2 is 2.33 bits per heavy atom. The smallest absolute Gasteiger partial charge is 0.227 e. The second-order valence-electron chi connectivity index (χ2n) is 4.47. The average Bonchev–Trinajstić information content (AvgIpc) is 2.68. The van der Waals surface area contributed by atoms with Crippen LogP contribution in [0.4, 0.5) is 11.4 Å². The predicted molar refractivity (Wildman–Crippen MR) is 74.5 cm³/mol. The van der Waals surface area contributed by atoms with Crippen LogP contribution in [0.15, 0.2) is 24.3 Å². The Labute approximate surface area is 111 Å². The number of benzene rings is 1. The molecule has 1 atom stereocenters. The van der Waals surface area contributed by atoms with Gasteiger partial charge in [0.1, 0.15) is 0 Å². The molecule has 4 nitrogen and oxygen atoms in total. The van der Waals surface area contributed by atoms with Gasteiger partial charge in [0.2, 0.25) is 5.91 Å². The third-order valence-electron chi connectivity index (χ3n) is 2.91. The number of nitrogens with zero attached hydrogens (tertiary/aromatic N) is 1. The van der Waals surface area contributed by atoms with Crippen LogP contribution < -0.4 is 10.6 Å². The van der Waals surface area contributed by atoms with Crippen LogP contribution in [0.3, 0.4) is 0 Å². The number of nitrogen functional groups attached to an aromatic ring is 1. The van der Waals surface area contributed by atoms with Crippen molar-refractivity contribution in [2.75, 3.05) is 22.9 Å². The van der Waals surface area contributed by atoms with Gasteiger partial charge in [-0.3, -0.25) is 9.59 Å². The van der Waals surface area contributed by atoms with Gasteiger partial charge in [-0.05, 0) is 24.1 Å². The van der Waals surface area contributed by atoms with Crippen LogP contribution in [0.2, 0.25) is 0 Å². The summed E-state index contributed by atoms with van der Waals surface area (Å²) in [5.74, 6) is 1.06. The van der Waals surface area contributed by atoms with Gasteiger partial charge in [-0.2, -0.15) is 0 Å². The van der Waals surface area contributed by atoms with E-state index in [0.717, 1.165) is 5.69 Å². The Bertz CT molecular complexity index is 476. The van der Waals surface area contributed by atoms with Crippen LogP contribution in [0.1, 0.15) is 13.3 Å². The maximum Gasteiger partial charge on any atom is 0.227 e. The molecular formula is C13H16N2O2S. The molecule has 0 saturated carbocycles. The molecule has 0 spiro atoms. The molecule has 0 bridgehead atoms. The molecule has 0 radical (unpaired) electrons. The Morgan fingerprint density at radius 3 is 3.00 bits per heavy atom. The standard InChI is InChI=1S/C13H16N2O2S/c1-9(16)18-8-10-5-13(17)15(7-10)12-4-2-3-11(14)6-12/h2-4,6,10H,5,7-8,14H2,1H3. The highest BCUT2D eigenvalue weighted by atomic mass is 32.2. The van der Waals surface area contributed by atoms with Crippen LogP contribution in [-0.2, 0) is 9.59 Å². The van der Waals surface area contributed by atoms with Gasteiger partial charge in [0, 0.05) is 37.0 Å². The summed E-state index contributed by atoms with van der Waals surface area (Å²) in [5, 5.41) is 0.102. The summed E-state index contributed by atoms with van der Waals surface area (Å²) in [6.45, 7) is 2.22. The minimum Gasteiger partial charge on any atom is -0.399 e. The second kappa shape index (κ2) is 5.44. The molecule has 1 heterocycles. The van der Waals surface area contributed by atoms with E-state index in [4.69, 9.17) is 5.73 Å². The van der Waals surface area contributed by atoms with Crippen molar-refractivity contribution in [2.24, 2.45) is 5.92 Å². The summed E-state index contributed by atoms with van der Waals surface area (Å²) in [4.78, 5) is 24.6. The van der Waals surface area contributed by atoms with E-state index in [2.05, 4.69) is 0 Å². The highest BCUT2D eigenvalue weighted by Gasteiger charge is 2.30. The fraction of sp³-hybridized carbons (Fsp3) is 0.385. The lowest BCUT2D eigenvalue weighted by molar-refractivity contribution is -0.117. The van der Waals surface area contributed by atoms with Crippen LogP contribution in [0.25, 0.3) is 0 Å². The Morgan fingerprint density at radius 1 is 1.56 bits per heavy atom. The molecule has 1 fully saturated rings. The number of thioether (sulfide) groups is 1. The zero-order valence-corrected chi connectivity index (χ0v) is 11.1. The van der Waals surface area contributed by atoms with E-state index in [1.807, 2.05) is 12.1 Å².